The lowest BCUT2D eigenvalue weighted by molar-refractivity contribution is -0.125. The van der Waals surface area contributed by atoms with Crippen molar-refractivity contribution in [2.75, 3.05) is 42.3 Å². The van der Waals surface area contributed by atoms with Crippen molar-refractivity contribution in [2.24, 2.45) is 0 Å². The number of nitrogens with zero attached hydrogens (tertiary/aromatic N) is 3. The molecule has 32 heavy (non-hydrogen) atoms. The number of amides is 3. The van der Waals surface area contributed by atoms with Gasteiger partial charge in [0.05, 0.1) is 17.7 Å². The zero-order valence-corrected chi connectivity index (χ0v) is 18.5. The summed E-state index contributed by atoms with van der Waals surface area (Å²) in [6, 6.07) is 14.9. The van der Waals surface area contributed by atoms with Gasteiger partial charge in [-0.2, -0.15) is 0 Å². The van der Waals surface area contributed by atoms with Gasteiger partial charge in [-0.25, -0.2) is 0 Å². The summed E-state index contributed by atoms with van der Waals surface area (Å²) in [5.74, 6) is -0.457. The Morgan fingerprint density at radius 3 is 2.22 bits per heavy atom. The number of carbonyl (C=O) groups excluding carboxylic acids is 3. The van der Waals surface area contributed by atoms with Crippen LogP contribution in [0.2, 0.25) is 0 Å². The summed E-state index contributed by atoms with van der Waals surface area (Å²) in [5, 5.41) is 0. The second-order valence-corrected chi connectivity index (χ2v) is 8.94. The molecule has 2 aromatic carbocycles. The molecule has 1 atom stereocenters. The highest BCUT2D eigenvalue weighted by Crippen LogP contribution is 2.26. The van der Waals surface area contributed by atoms with E-state index in [2.05, 4.69) is 4.57 Å². The molecule has 0 N–H and O–H groups in total. The number of ether oxygens (including phenoxy) is 1. The summed E-state index contributed by atoms with van der Waals surface area (Å²) < 4.78 is 13.4. The second kappa shape index (κ2) is 8.85. The molecule has 0 bridgehead atoms. The number of hydrogen-bond acceptors (Lipinski definition) is 6. The van der Waals surface area contributed by atoms with Crippen LogP contribution in [-0.2, 0) is 14.0 Å². The largest absolute Gasteiger partial charge is 0.394 e. The van der Waals surface area contributed by atoms with Gasteiger partial charge >= 0.3 is 9.92 Å². The van der Waals surface area contributed by atoms with Crippen molar-refractivity contribution in [2.45, 2.75) is 18.9 Å². The minimum absolute atomic E-state index is 0.0131. The van der Waals surface area contributed by atoms with Gasteiger partial charge in [-0.3, -0.25) is 19.3 Å². The molecule has 0 aliphatic carbocycles. The van der Waals surface area contributed by atoms with Crippen molar-refractivity contribution in [3.05, 3.63) is 59.7 Å². The van der Waals surface area contributed by atoms with E-state index >= 15 is 0 Å². The molecule has 1 unspecified atom stereocenters. The van der Waals surface area contributed by atoms with Crippen LogP contribution >= 0.6 is 0 Å². The van der Waals surface area contributed by atoms with Gasteiger partial charge in [0.1, 0.15) is 6.61 Å². The van der Waals surface area contributed by atoms with E-state index in [-0.39, 0.29) is 40.4 Å². The fraction of sp³-hybridized carbons (Fsp3) is 0.348. The van der Waals surface area contributed by atoms with E-state index in [0.29, 0.717) is 37.2 Å². The van der Waals surface area contributed by atoms with Crippen LogP contribution in [-0.4, -0.2) is 71.5 Å². The molecule has 5 rings (SSSR count). The fourth-order valence-corrected chi connectivity index (χ4v) is 5.21. The lowest BCUT2D eigenvalue weighted by atomic mass is 10.1. The second-order valence-electron chi connectivity index (χ2n) is 7.98. The lowest BCUT2D eigenvalue weighted by Gasteiger charge is -2.33. The van der Waals surface area contributed by atoms with Crippen molar-refractivity contribution in [1.29, 1.82) is 0 Å². The molecule has 3 heterocycles. The molecule has 0 spiro atoms. The smallest absolute Gasteiger partial charge is 0.382 e. The number of morpholine rings is 1. The van der Waals surface area contributed by atoms with E-state index in [4.69, 9.17) is 9.16 Å². The molecule has 9 heteroatoms. The van der Waals surface area contributed by atoms with Crippen LogP contribution in [0.25, 0.3) is 0 Å². The zero-order valence-electron chi connectivity index (χ0n) is 17.5. The maximum atomic E-state index is 12.5. The molecule has 3 amide bonds. The fourth-order valence-electron chi connectivity index (χ4n) is 4.22. The molecule has 0 saturated carbocycles. The summed E-state index contributed by atoms with van der Waals surface area (Å²) in [5.41, 5.74) is 2.89. The molecule has 3 aliphatic heterocycles. The topological polar surface area (TPSA) is 79.4 Å². The number of carbonyl (C=O) groups is 3. The Morgan fingerprint density at radius 2 is 1.59 bits per heavy atom. The average Bonchev–Trinajstić information content (AvgIpc) is 3.08. The van der Waals surface area contributed by atoms with E-state index in [1.807, 2.05) is 24.3 Å². The number of hydrogen-bond donors (Lipinski definition) is 0. The molecule has 0 aromatic heterocycles. The van der Waals surface area contributed by atoms with Crippen LogP contribution in [0.1, 0.15) is 33.6 Å². The number of anilines is 2. The molecule has 3 aliphatic rings. The normalized spacial score (nSPS) is 21.3. The van der Waals surface area contributed by atoms with E-state index in [0.717, 1.165) is 24.3 Å². The highest BCUT2D eigenvalue weighted by molar-refractivity contribution is 6.34. The van der Waals surface area contributed by atoms with E-state index < -0.39 is 0 Å². The standard InChI is InChI=1S/C23H23N3O5Si/c27-21-15-30-14-13-24(21)16-5-7-17(8-6-16)26-12-10-18(31-32-26)9-11-25-22(28)19-3-1-2-4-20(19)23(25)29/h1-8,18H,9-15H2. The van der Waals surface area contributed by atoms with Crippen molar-refractivity contribution in [1.82, 2.24) is 4.90 Å². The lowest BCUT2D eigenvalue weighted by Crippen LogP contribution is -2.43. The Bertz CT molecular complexity index is 1000. The Balaban J connectivity index is 1.13. The third kappa shape index (κ3) is 3.94. The molecule has 2 fully saturated rings. The SMILES string of the molecule is O=C1c2ccccc2C(=O)N1CCC1CCN(c2ccc(N3CCOCC3=O)cc2)[Si]O1. The van der Waals surface area contributed by atoms with Crippen LogP contribution < -0.4 is 9.47 Å². The van der Waals surface area contributed by atoms with Crippen LogP contribution in [0.4, 0.5) is 11.4 Å². The maximum absolute atomic E-state index is 12.5. The first-order valence-electron chi connectivity index (χ1n) is 10.7. The van der Waals surface area contributed by atoms with Gasteiger partial charge in [-0.05, 0) is 49.2 Å². The minimum Gasteiger partial charge on any atom is -0.394 e. The Kier molecular flexibility index (Phi) is 5.77. The maximum Gasteiger partial charge on any atom is 0.382 e. The highest BCUT2D eigenvalue weighted by atomic mass is 28.2. The van der Waals surface area contributed by atoms with Crippen molar-refractivity contribution in [3.8, 4) is 0 Å². The van der Waals surface area contributed by atoms with Crippen LogP contribution in [0.5, 0.6) is 0 Å². The number of benzene rings is 2. The summed E-state index contributed by atoms with van der Waals surface area (Å²) in [7, 11) is 0.169. The van der Waals surface area contributed by atoms with Gasteiger partial charge < -0.3 is 18.6 Å². The first-order chi connectivity index (χ1) is 15.6. The number of imide groups is 1. The van der Waals surface area contributed by atoms with Gasteiger partial charge in [0.25, 0.3) is 17.7 Å². The summed E-state index contributed by atoms with van der Waals surface area (Å²) in [6.45, 7) is 2.45. The van der Waals surface area contributed by atoms with Crippen LogP contribution in [0.15, 0.2) is 48.5 Å². The van der Waals surface area contributed by atoms with Crippen LogP contribution in [0.3, 0.4) is 0 Å². The third-order valence-electron chi connectivity index (χ3n) is 6.02. The molecule has 8 nitrogen and oxygen atoms in total. The molecular weight excluding hydrogens is 426 g/mol. The molecule has 164 valence electrons. The van der Waals surface area contributed by atoms with Crippen molar-refractivity contribution < 1.29 is 23.5 Å². The van der Waals surface area contributed by atoms with Crippen molar-refractivity contribution in [3.63, 3.8) is 0 Å². The first-order valence-corrected chi connectivity index (χ1v) is 11.6. The number of rotatable bonds is 5. The van der Waals surface area contributed by atoms with Gasteiger partial charge in [0.15, 0.2) is 0 Å². The predicted octanol–water partition coefficient (Wildman–Crippen LogP) is 1.87. The minimum atomic E-state index is -0.218. The molecular formula is C23H23N3O5Si. The Hall–Kier alpha value is -3.01. The third-order valence-corrected chi connectivity index (χ3v) is 7.16. The first kappa shape index (κ1) is 20.9. The summed E-state index contributed by atoms with van der Waals surface area (Å²) in [6.07, 6.45) is 1.46. The summed E-state index contributed by atoms with van der Waals surface area (Å²) >= 11 is 0. The van der Waals surface area contributed by atoms with E-state index in [1.165, 1.54) is 4.90 Å². The van der Waals surface area contributed by atoms with Crippen molar-refractivity contribution >= 4 is 39.0 Å². The van der Waals surface area contributed by atoms with Gasteiger partial charge in [0, 0.05) is 37.1 Å². The quantitative estimate of drug-likeness (QED) is 0.512. The monoisotopic (exact) mass is 449 g/mol. The average molecular weight is 450 g/mol. The van der Waals surface area contributed by atoms with Gasteiger partial charge in [0.2, 0.25) is 0 Å². The molecule has 2 aromatic rings. The Morgan fingerprint density at radius 1 is 0.906 bits per heavy atom. The predicted molar refractivity (Wildman–Crippen MR) is 119 cm³/mol. The number of fused-ring (bicyclic) bond motifs is 1. The van der Waals surface area contributed by atoms with E-state index in [1.54, 1.807) is 29.2 Å². The van der Waals surface area contributed by atoms with Gasteiger partial charge in [-0.1, -0.05) is 12.1 Å². The zero-order chi connectivity index (χ0) is 22.1. The molecule has 2 saturated heterocycles. The summed E-state index contributed by atoms with van der Waals surface area (Å²) in [4.78, 5) is 40.1. The molecule has 2 radical (unpaired) electrons. The van der Waals surface area contributed by atoms with Gasteiger partial charge in [-0.15, -0.1) is 0 Å². The van der Waals surface area contributed by atoms with Crippen LogP contribution in [0, 0.1) is 0 Å². The van der Waals surface area contributed by atoms with E-state index in [9.17, 15) is 14.4 Å². The Labute approximate surface area is 188 Å². The highest BCUT2D eigenvalue weighted by Gasteiger charge is 2.35.